The zero-order valence-corrected chi connectivity index (χ0v) is 17.6. The molecular weight excluding hydrogens is 382 g/mol. The second-order valence-electron chi connectivity index (χ2n) is 7.45. The predicted molar refractivity (Wildman–Crippen MR) is 115 cm³/mol. The van der Waals surface area contributed by atoms with E-state index in [0.717, 1.165) is 29.4 Å². The van der Waals surface area contributed by atoms with Crippen LogP contribution >= 0.6 is 0 Å². The molecule has 0 unspecified atom stereocenters. The van der Waals surface area contributed by atoms with Gasteiger partial charge in [-0.2, -0.15) is 0 Å². The number of aromatic nitrogens is 2. The summed E-state index contributed by atoms with van der Waals surface area (Å²) in [5.41, 5.74) is 2.46. The molecule has 7 heteroatoms. The number of ether oxygens (including phenoxy) is 2. The zero-order valence-electron chi connectivity index (χ0n) is 17.6. The number of hydrogen-bond donors (Lipinski definition) is 0. The van der Waals surface area contributed by atoms with E-state index in [4.69, 9.17) is 9.47 Å². The van der Waals surface area contributed by atoms with Gasteiger partial charge in [0.1, 0.15) is 18.0 Å². The van der Waals surface area contributed by atoms with Crippen LogP contribution in [-0.2, 0) is 17.9 Å². The normalized spacial score (nSPS) is 16.2. The summed E-state index contributed by atoms with van der Waals surface area (Å²) >= 11 is 0. The topological polar surface area (TPSA) is 65.7 Å². The van der Waals surface area contributed by atoms with Gasteiger partial charge in [0.25, 0.3) is 0 Å². The molecular formula is C23H27N3O4. The molecule has 1 atom stereocenters. The number of imidazole rings is 1. The maximum absolute atomic E-state index is 13.3. The molecule has 0 aliphatic carbocycles. The lowest BCUT2D eigenvalue weighted by atomic mass is 10.0. The van der Waals surface area contributed by atoms with Gasteiger partial charge in [-0.3, -0.25) is 13.9 Å². The number of para-hydroxylation sites is 2. The van der Waals surface area contributed by atoms with Gasteiger partial charge in [0.05, 0.1) is 31.3 Å². The first kappa shape index (κ1) is 20.1. The number of fused-ring (bicyclic) bond motifs is 1. The van der Waals surface area contributed by atoms with Crippen molar-refractivity contribution in [2.75, 3.05) is 20.8 Å². The SMILES string of the molecule is CCn1c(=O)n(CC(=O)N2CCC[C@H]2c2ccc(OC)cc2OC)c2ccccc21. The number of methoxy groups -OCH3 is 2. The summed E-state index contributed by atoms with van der Waals surface area (Å²) in [5, 5.41) is 0. The Labute approximate surface area is 175 Å². The lowest BCUT2D eigenvalue weighted by Gasteiger charge is -2.26. The molecule has 7 nitrogen and oxygen atoms in total. The van der Waals surface area contributed by atoms with E-state index in [1.54, 1.807) is 23.4 Å². The third kappa shape index (κ3) is 3.34. The monoisotopic (exact) mass is 409 g/mol. The molecule has 2 heterocycles. The minimum absolute atomic E-state index is 0.0291. The van der Waals surface area contributed by atoms with E-state index in [-0.39, 0.29) is 24.2 Å². The first-order chi connectivity index (χ1) is 14.6. The van der Waals surface area contributed by atoms with Crippen LogP contribution in [0.25, 0.3) is 11.0 Å². The first-order valence-electron chi connectivity index (χ1n) is 10.3. The molecule has 30 heavy (non-hydrogen) atoms. The summed E-state index contributed by atoms with van der Waals surface area (Å²) in [6, 6.07) is 13.2. The van der Waals surface area contributed by atoms with Crippen molar-refractivity contribution in [3.8, 4) is 11.5 Å². The Morgan fingerprint density at radius 3 is 2.47 bits per heavy atom. The number of carbonyl (C=O) groups excluding carboxylic acids is 1. The summed E-state index contributed by atoms with van der Waals surface area (Å²) in [6.45, 7) is 3.20. The van der Waals surface area contributed by atoms with Crippen molar-refractivity contribution in [1.29, 1.82) is 0 Å². The fraction of sp³-hybridized carbons (Fsp3) is 0.391. The van der Waals surface area contributed by atoms with Crippen LogP contribution in [0.15, 0.2) is 47.3 Å². The van der Waals surface area contributed by atoms with Crippen LogP contribution in [0.3, 0.4) is 0 Å². The van der Waals surface area contributed by atoms with Gasteiger partial charge in [0.2, 0.25) is 5.91 Å². The molecule has 0 saturated carbocycles. The zero-order chi connectivity index (χ0) is 21.3. The van der Waals surface area contributed by atoms with E-state index >= 15 is 0 Å². The first-order valence-corrected chi connectivity index (χ1v) is 10.3. The van der Waals surface area contributed by atoms with Gasteiger partial charge in [-0.25, -0.2) is 4.79 Å². The Hall–Kier alpha value is -3.22. The number of hydrogen-bond acceptors (Lipinski definition) is 4. The van der Waals surface area contributed by atoms with Gasteiger partial charge in [-0.15, -0.1) is 0 Å². The Morgan fingerprint density at radius 1 is 1.07 bits per heavy atom. The number of rotatable bonds is 6. The third-order valence-corrected chi connectivity index (χ3v) is 5.91. The maximum atomic E-state index is 13.3. The van der Waals surface area contributed by atoms with Crippen molar-refractivity contribution in [3.63, 3.8) is 0 Å². The van der Waals surface area contributed by atoms with E-state index in [1.165, 1.54) is 0 Å². The fourth-order valence-electron chi connectivity index (χ4n) is 4.44. The molecule has 1 aromatic heterocycles. The highest BCUT2D eigenvalue weighted by Gasteiger charge is 2.32. The molecule has 158 valence electrons. The maximum Gasteiger partial charge on any atom is 0.329 e. The van der Waals surface area contributed by atoms with Crippen LogP contribution in [0, 0.1) is 0 Å². The Balaban J connectivity index is 1.65. The van der Waals surface area contributed by atoms with Crippen molar-refractivity contribution < 1.29 is 14.3 Å². The van der Waals surface area contributed by atoms with E-state index in [1.807, 2.05) is 54.3 Å². The quantitative estimate of drug-likeness (QED) is 0.627. The molecule has 0 radical (unpaired) electrons. The number of benzene rings is 2. The van der Waals surface area contributed by atoms with Crippen molar-refractivity contribution in [3.05, 3.63) is 58.5 Å². The lowest BCUT2D eigenvalue weighted by molar-refractivity contribution is -0.132. The molecule has 1 aliphatic rings. The van der Waals surface area contributed by atoms with Crippen molar-refractivity contribution in [2.45, 2.75) is 38.9 Å². The molecule has 3 aromatic rings. The van der Waals surface area contributed by atoms with Crippen molar-refractivity contribution in [2.24, 2.45) is 0 Å². The van der Waals surface area contributed by atoms with Gasteiger partial charge in [-0.05, 0) is 44.0 Å². The Bertz CT molecular complexity index is 1130. The van der Waals surface area contributed by atoms with Gasteiger partial charge >= 0.3 is 5.69 Å². The van der Waals surface area contributed by atoms with Crippen LogP contribution in [-0.4, -0.2) is 40.7 Å². The van der Waals surface area contributed by atoms with Gasteiger partial charge in [0.15, 0.2) is 0 Å². The summed E-state index contributed by atoms with van der Waals surface area (Å²) < 4.78 is 14.1. The van der Waals surface area contributed by atoms with Crippen LogP contribution < -0.4 is 15.2 Å². The Morgan fingerprint density at radius 2 is 1.80 bits per heavy atom. The lowest BCUT2D eigenvalue weighted by Crippen LogP contribution is -2.36. The van der Waals surface area contributed by atoms with E-state index in [0.29, 0.717) is 24.6 Å². The summed E-state index contributed by atoms with van der Waals surface area (Å²) in [7, 11) is 3.24. The third-order valence-electron chi connectivity index (χ3n) is 5.91. The van der Waals surface area contributed by atoms with Gasteiger partial charge < -0.3 is 14.4 Å². The van der Waals surface area contributed by atoms with Crippen LogP contribution in [0.4, 0.5) is 0 Å². The second kappa shape index (κ2) is 8.26. The number of likely N-dealkylation sites (tertiary alicyclic amines) is 1. The molecule has 1 aliphatic heterocycles. The molecule has 1 fully saturated rings. The number of carbonyl (C=O) groups is 1. The summed E-state index contributed by atoms with van der Waals surface area (Å²) in [4.78, 5) is 28.1. The van der Waals surface area contributed by atoms with Gasteiger partial charge in [0, 0.05) is 24.7 Å². The van der Waals surface area contributed by atoms with Gasteiger partial charge in [-0.1, -0.05) is 12.1 Å². The van der Waals surface area contributed by atoms with Crippen molar-refractivity contribution >= 4 is 16.9 Å². The second-order valence-corrected chi connectivity index (χ2v) is 7.45. The molecule has 2 aromatic carbocycles. The molecule has 0 bridgehead atoms. The average Bonchev–Trinajstić information content (AvgIpc) is 3.36. The van der Waals surface area contributed by atoms with Crippen LogP contribution in [0.2, 0.25) is 0 Å². The predicted octanol–water partition coefficient (Wildman–Crippen LogP) is 3.20. The smallest absolute Gasteiger partial charge is 0.329 e. The van der Waals surface area contributed by atoms with E-state index in [2.05, 4.69) is 0 Å². The number of amides is 1. The largest absolute Gasteiger partial charge is 0.497 e. The molecule has 0 N–H and O–H groups in total. The molecule has 1 amide bonds. The highest BCUT2D eigenvalue weighted by atomic mass is 16.5. The average molecular weight is 409 g/mol. The fourth-order valence-corrected chi connectivity index (χ4v) is 4.44. The van der Waals surface area contributed by atoms with Crippen LogP contribution in [0.5, 0.6) is 11.5 Å². The summed E-state index contributed by atoms with van der Waals surface area (Å²) in [6.07, 6.45) is 1.78. The highest BCUT2D eigenvalue weighted by molar-refractivity contribution is 5.81. The highest BCUT2D eigenvalue weighted by Crippen LogP contribution is 2.38. The molecule has 0 spiro atoms. The van der Waals surface area contributed by atoms with E-state index in [9.17, 15) is 9.59 Å². The van der Waals surface area contributed by atoms with E-state index < -0.39 is 0 Å². The number of nitrogens with zero attached hydrogens (tertiary/aromatic N) is 3. The van der Waals surface area contributed by atoms with Crippen LogP contribution in [0.1, 0.15) is 31.4 Å². The minimum Gasteiger partial charge on any atom is -0.497 e. The standard InChI is InChI=1S/C23H27N3O4/c1-4-24-19-8-5-6-9-20(19)26(23(24)28)15-22(27)25-13-7-10-18(25)17-12-11-16(29-2)14-21(17)30-3/h5-6,8-9,11-12,14,18H,4,7,10,13,15H2,1-3H3/t18-/m0/s1. The Kier molecular flexibility index (Phi) is 5.53. The minimum atomic E-state index is -0.148. The molecule has 4 rings (SSSR count). The molecule has 1 saturated heterocycles. The summed E-state index contributed by atoms with van der Waals surface area (Å²) in [5.74, 6) is 1.36. The number of aryl methyl sites for hydroxylation is 1. The van der Waals surface area contributed by atoms with Crippen molar-refractivity contribution in [1.82, 2.24) is 14.0 Å².